The van der Waals surface area contributed by atoms with Gasteiger partial charge in [-0.2, -0.15) is 10.2 Å². The van der Waals surface area contributed by atoms with Crippen LogP contribution in [0, 0.1) is 0 Å². The Hall–Kier alpha value is -2.97. The van der Waals surface area contributed by atoms with Crippen LogP contribution in [-0.4, -0.2) is 40.6 Å². The molecule has 0 saturated carbocycles. The summed E-state index contributed by atoms with van der Waals surface area (Å²) in [6.07, 6.45) is 7.06. The van der Waals surface area contributed by atoms with Crippen molar-refractivity contribution in [3.63, 3.8) is 0 Å². The van der Waals surface area contributed by atoms with E-state index in [9.17, 15) is 0 Å². The number of fused-ring (bicyclic) bond motifs is 1. The van der Waals surface area contributed by atoms with Crippen molar-refractivity contribution in [2.45, 2.75) is 19.6 Å². The Morgan fingerprint density at radius 1 is 1.19 bits per heavy atom. The summed E-state index contributed by atoms with van der Waals surface area (Å²) in [6, 6.07) is 10.5. The van der Waals surface area contributed by atoms with E-state index in [1.807, 2.05) is 23.1 Å². The number of hydrogen-bond donors (Lipinski definition) is 1. The Morgan fingerprint density at radius 2 is 2.15 bits per heavy atom. The van der Waals surface area contributed by atoms with Crippen LogP contribution >= 0.6 is 12.4 Å². The van der Waals surface area contributed by atoms with E-state index in [1.165, 1.54) is 5.69 Å². The quantitative estimate of drug-likeness (QED) is 0.583. The van der Waals surface area contributed by atoms with Crippen molar-refractivity contribution in [2.75, 3.05) is 6.54 Å². The van der Waals surface area contributed by atoms with Gasteiger partial charge in [-0.3, -0.25) is 9.25 Å². The van der Waals surface area contributed by atoms with Gasteiger partial charge in [-0.25, -0.2) is 14.6 Å². The summed E-state index contributed by atoms with van der Waals surface area (Å²) in [5, 5.41) is 12.3. The zero-order valence-electron chi connectivity index (χ0n) is 14.6. The first-order valence-corrected chi connectivity index (χ1v) is 8.60. The van der Waals surface area contributed by atoms with Gasteiger partial charge in [-0.1, -0.05) is 12.1 Å². The number of hydrogen-bond acceptors (Lipinski definition) is 5. The smallest absolute Gasteiger partial charge is 0.165 e. The maximum Gasteiger partial charge on any atom is 0.165 e. The molecule has 0 fully saturated rings. The topological polar surface area (TPSA) is 78.4 Å². The molecule has 0 unspecified atom stereocenters. The van der Waals surface area contributed by atoms with Crippen molar-refractivity contribution in [3.05, 3.63) is 66.6 Å². The van der Waals surface area contributed by atoms with Gasteiger partial charge in [0.05, 0.1) is 18.8 Å². The van der Waals surface area contributed by atoms with Crippen molar-refractivity contribution < 1.29 is 0 Å². The summed E-state index contributed by atoms with van der Waals surface area (Å²) in [5.41, 5.74) is 4.30. The largest absolute Gasteiger partial charge is 0.309 e. The molecule has 4 aromatic rings. The highest BCUT2D eigenvalue weighted by molar-refractivity contribution is 5.85. The van der Waals surface area contributed by atoms with Crippen LogP contribution in [0.25, 0.3) is 17.2 Å². The fourth-order valence-corrected chi connectivity index (χ4v) is 3.31. The van der Waals surface area contributed by atoms with Gasteiger partial charge in [-0.15, -0.1) is 12.4 Å². The summed E-state index contributed by atoms with van der Waals surface area (Å²) >= 11 is 0. The highest BCUT2D eigenvalue weighted by Crippen LogP contribution is 2.23. The molecule has 0 aliphatic carbocycles. The van der Waals surface area contributed by atoms with Gasteiger partial charge >= 0.3 is 0 Å². The third-order valence-electron chi connectivity index (χ3n) is 4.54. The Labute approximate surface area is 162 Å². The highest BCUT2D eigenvalue weighted by Gasteiger charge is 2.16. The number of imidazole rings is 1. The zero-order chi connectivity index (χ0) is 17.3. The maximum atomic E-state index is 4.73. The third-order valence-corrected chi connectivity index (χ3v) is 4.54. The minimum Gasteiger partial charge on any atom is -0.309 e. The van der Waals surface area contributed by atoms with Crippen LogP contribution in [0.15, 0.2) is 55.4 Å². The Balaban J connectivity index is 0.00000180. The fraction of sp³-hybridized carbons (Fsp3) is 0.222. The van der Waals surface area contributed by atoms with E-state index in [2.05, 4.69) is 53.9 Å². The van der Waals surface area contributed by atoms with Crippen molar-refractivity contribution in [1.29, 1.82) is 0 Å². The van der Waals surface area contributed by atoms with Crippen LogP contribution in [0.1, 0.15) is 11.3 Å². The minimum atomic E-state index is 0. The Bertz CT molecular complexity index is 1010. The first-order valence-electron chi connectivity index (χ1n) is 8.60. The molecule has 9 heteroatoms. The number of aromatic nitrogens is 7. The lowest BCUT2D eigenvalue weighted by Gasteiger charge is -2.13. The van der Waals surface area contributed by atoms with Crippen molar-refractivity contribution in [1.82, 2.24) is 39.4 Å². The van der Waals surface area contributed by atoms with Gasteiger partial charge < -0.3 is 5.32 Å². The van der Waals surface area contributed by atoms with Gasteiger partial charge in [-0.05, 0) is 23.8 Å². The van der Waals surface area contributed by atoms with Crippen molar-refractivity contribution >= 4 is 12.4 Å². The maximum absolute atomic E-state index is 4.73. The molecule has 0 atom stereocenters. The lowest BCUT2D eigenvalue weighted by Crippen LogP contribution is -2.28. The van der Waals surface area contributed by atoms with E-state index < -0.39 is 0 Å². The molecule has 3 aromatic heterocycles. The summed E-state index contributed by atoms with van der Waals surface area (Å²) in [6.45, 7) is 3.37. The number of nitrogens with one attached hydrogen (secondary N) is 1. The minimum absolute atomic E-state index is 0. The summed E-state index contributed by atoms with van der Waals surface area (Å²) < 4.78 is 5.95. The molecule has 4 heterocycles. The Morgan fingerprint density at radius 3 is 3.00 bits per heavy atom. The van der Waals surface area contributed by atoms with E-state index in [0.29, 0.717) is 6.54 Å². The SMILES string of the molecule is Cl.c1cc(Cn2cncn2)cc(-n2ccnc2-c2cc3n(n2)CCNC3)c1. The highest BCUT2D eigenvalue weighted by atomic mass is 35.5. The normalized spacial score (nSPS) is 13.2. The summed E-state index contributed by atoms with van der Waals surface area (Å²) in [4.78, 5) is 8.55. The number of nitrogens with zero attached hydrogens (tertiary/aromatic N) is 7. The monoisotopic (exact) mass is 382 g/mol. The van der Waals surface area contributed by atoms with Gasteiger partial charge in [0.25, 0.3) is 0 Å². The predicted molar refractivity (Wildman–Crippen MR) is 103 cm³/mol. The van der Waals surface area contributed by atoms with Crippen LogP contribution in [-0.2, 0) is 19.6 Å². The molecule has 1 aliphatic rings. The molecule has 0 bridgehead atoms. The van der Waals surface area contributed by atoms with E-state index in [1.54, 1.807) is 12.7 Å². The lowest BCUT2D eigenvalue weighted by atomic mass is 10.2. The average molecular weight is 383 g/mol. The molecule has 0 spiro atoms. The molecule has 8 nitrogen and oxygen atoms in total. The van der Waals surface area contributed by atoms with Crippen LogP contribution < -0.4 is 5.32 Å². The number of halogens is 1. The molecule has 1 aromatic carbocycles. The zero-order valence-corrected chi connectivity index (χ0v) is 15.4. The number of benzene rings is 1. The summed E-state index contributed by atoms with van der Waals surface area (Å²) in [7, 11) is 0. The molecule has 0 radical (unpaired) electrons. The van der Waals surface area contributed by atoms with Gasteiger partial charge in [0.2, 0.25) is 0 Å². The van der Waals surface area contributed by atoms with Gasteiger partial charge in [0.1, 0.15) is 18.3 Å². The average Bonchev–Trinajstić information content (AvgIpc) is 3.41. The Kier molecular flexibility index (Phi) is 4.74. The molecule has 0 amide bonds. The molecule has 1 N–H and O–H groups in total. The van der Waals surface area contributed by atoms with Crippen LogP contribution in [0.5, 0.6) is 0 Å². The van der Waals surface area contributed by atoms with Gasteiger partial charge in [0.15, 0.2) is 5.82 Å². The molecule has 27 heavy (non-hydrogen) atoms. The lowest BCUT2D eigenvalue weighted by molar-refractivity contribution is 0.476. The molecular formula is C18H19ClN8. The molecule has 5 rings (SSSR count). The van der Waals surface area contributed by atoms with E-state index in [4.69, 9.17) is 5.10 Å². The molecule has 1 aliphatic heterocycles. The molecule has 138 valence electrons. The molecule has 0 saturated heterocycles. The first kappa shape index (κ1) is 17.4. The van der Waals surface area contributed by atoms with Crippen LogP contribution in [0.3, 0.4) is 0 Å². The van der Waals surface area contributed by atoms with Crippen LogP contribution in [0.4, 0.5) is 0 Å². The standard InChI is InChI=1S/C18H18N8.ClH/c1-2-14(11-24-13-20-12-22-24)8-15(3-1)25-6-5-21-18(25)17-9-16-10-19-4-7-26(16)23-17;/h1-3,5-6,8-9,12-13,19H,4,7,10-11H2;1H. The molecular weight excluding hydrogens is 364 g/mol. The second-order valence-corrected chi connectivity index (χ2v) is 6.30. The summed E-state index contributed by atoms with van der Waals surface area (Å²) in [5.74, 6) is 0.852. The fourth-order valence-electron chi connectivity index (χ4n) is 3.31. The van der Waals surface area contributed by atoms with E-state index in [-0.39, 0.29) is 12.4 Å². The van der Waals surface area contributed by atoms with Crippen molar-refractivity contribution in [3.8, 4) is 17.2 Å². The van der Waals surface area contributed by atoms with Crippen molar-refractivity contribution in [2.24, 2.45) is 0 Å². The first-order chi connectivity index (χ1) is 12.9. The third kappa shape index (κ3) is 3.36. The van der Waals surface area contributed by atoms with E-state index in [0.717, 1.165) is 42.4 Å². The second-order valence-electron chi connectivity index (χ2n) is 6.30. The number of rotatable bonds is 4. The van der Waals surface area contributed by atoms with Gasteiger partial charge in [0, 0.05) is 31.2 Å². The predicted octanol–water partition coefficient (Wildman–Crippen LogP) is 1.90. The van der Waals surface area contributed by atoms with E-state index >= 15 is 0 Å². The second kappa shape index (κ2) is 7.34. The van der Waals surface area contributed by atoms with Crippen LogP contribution in [0.2, 0.25) is 0 Å².